The molecule has 4 heavy (non-hydrogen) atoms. The van der Waals surface area contributed by atoms with Gasteiger partial charge in [-0.15, -0.1) is 0 Å². The molecule has 3 heteroatoms. The average molecular weight is 72.9 g/mol. The molecule has 0 saturated heterocycles. The Morgan fingerprint density at radius 2 is 2.25 bits per heavy atom. The van der Waals surface area contributed by atoms with Crippen LogP contribution in [-0.2, 0) is 0 Å². The topological polar surface area (TPSA) is 12.0 Å². The molecule has 0 aromatic carbocycles. The van der Waals surface area contributed by atoms with E-state index in [-0.39, 0.29) is 0 Å². The van der Waals surface area contributed by atoms with Crippen molar-refractivity contribution in [3.05, 3.63) is 0 Å². The lowest BCUT2D eigenvalue weighted by Gasteiger charge is -1.75. The largest absolute Gasteiger partial charge is 0.317 e. The minimum absolute atomic E-state index is 1.38. The number of hydrogen-bond donors (Lipinski definition) is 1. The molecule has 0 aliphatic heterocycles. The molecule has 0 bridgehead atoms. The molecule has 0 heterocycles. The first-order valence-electron chi connectivity index (χ1n) is 0.901. The molecule has 22 valence electrons. The van der Waals surface area contributed by atoms with Gasteiger partial charge in [0.25, 0.3) is 0 Å². The molecule has 2 radical (unpaired) electrons. The lowest BCUT2D eigenvalue weighted by molar-refractivity contribution is 1.72. The van der Waals surface area contributed by atoms with Crippen LogP contribution in [0.3, 0.4) is 0 Å². The van der Waals surface area contributed by atoms with Crippen LogP contribution in [0.1, 0.15) is 0 Å². The van der Waals surface area contributed by atoms with E-state index in [9.17, 15) is 0 Å². The van der Waals surface area contributed by atoms with Crippen molar-refractivity contribution in [2.24, 2.45) is 0 Å². The van der Waals surface area contributed by atoms with Crippen molar-refractivity contribution in [2.45, 2.75) is 0 Å². The maximum absolute atomic E-state index is 4.74. The van der Waals surface area contributed by atoms with E-state index >= 15 is 0 Å². The lowest BCUT2D eigenvalue weighted by atomic mass is 10.5. The van der Waals surface area contributed by atoms with Crippen LogP contribution in [0.5, 0.6) is 0 Å². The summed E-state index contributed by atoms with van der Waals surface area (Å²) in [7, 11) is 4.74. The minimum atomic E-state index is 1.38. The molecule has 0 saturated carbocycles. The summed E-state index contributed by atoms with van der Waals surface area (Å²) in [4.78, 5) is 0. The number of nitrogens with one attached hydrogen (secondary N) is 1. The zero-order chi connectivity index (χ0) is 3.41. The first-order valence-corrected chi connectivity index (χ1v) is 2.13. The van der Waals surface area contributed by atoms with E-state index in [1.165, 1.54) is 11.9 Å². The summed E-state index contributed by atoms with van der Waals surface area (Å²) in [5.41, 5.74) is 0. The second kappa shape index (κ2) is 3.37. The average Bonchev–Trinajstić information content (AvgIpc) is 1.37. The van der Waals surface area contributed by atoms with Gasteiger partial charge in [-0.2, -0.15) is 0 Å². The molecule has 0 fully saturated rings. The van der Waals surface area contributed by atoms with Gasteiger partial charge in [-0.1, -0.05) is 11.9 Å². The molecular weight excluding hydrogens is 68.9 g/mol. The van der Waals surface area contributed by atoms with Gasteiger partial charge in [0.05, 0.1) is 0 Å². The summed E-state index contributed by atoms with van der Waals surface area (Å²) in [6.07, 6.45) is 1.86. The van der Waals surface area contributed by atoms with Gasteiger partial charge in [0, 0.05) is 0 Å². The normalized spacial score (nSPS) is 7.25. The summed E-state index contributed by atoms with van der Waals surface area (Å²) in [6, 6.07) is 0. The lowest BCUT2D eigenvalue weighted by Crippen LogP contribution is -1.89. The van der Waals surface area contributed by atoms with Crippen LogP contribution in [0.4, 0.5) is 0 Å². The van der Waals surface area contributed by atoms with E-state index in [2.05, 4.69) is 4.63 Å². The van der Waals surface area contributed by atoms with Gasteiger partial charge in [0.2, 0.25) is 0 Å². The van der Waals surface area contributed by atoms with Crippen LogP contribution in [0.15, 0.2) is 0 Å². The van der Waals surface area contributed by atoms with Gasteiger partial charge in [0.15, 0.2) is 7.98 Å². The van der Waals surface area contributed by atoms with Gasteiger partial charge < -0.3 is 4.63 Å². The van der Waals surface area contributed by atoms with Crippen LogP contribution >= 0.6 is 11.9 Å². The molecule has 0 aliphatic carbocycles. The van der Waals surface area contributed by atoms with E-state index in [1.54, 1.807) is 0 Å². The van der Waals surface area contributed by atoms with Crippen molar-refractivity contribution in [3.8, 4) is 0 Å². The summed E-state index contributed by atoms with van der Waals surface area (Å²) in [5, 5.41) is 0. The fourth-order valence-electron chi connectivity index (χ4n) is 0. The molecule has 0 amide bonds. The highest BCUT2D eigenvalue weighted by Crippen LogP contribution is 1.70. The van der Waals surface area contributed by atoms with Gasteiger partial charge >= 0.3 is 0 Å². The van der Waals surface area contributed by atoms with Gasteiger partial charge in [-0.25, -0.2) is 0 Å². The summed E-state index contributed by atoms with van der Waals surface area (Å²) in [5.74, 6) is 0. The molecule has 0 rings (SSSR count). The predicted octanol–water partition coefficient (Wildman–Crippen LogP) is -0.0625. The maximum Gasteiger partial charge on any atom is 0.194 e. The van der Waals surface area contributed by atoms with Crippen molar-refractivity contribution in [2.75, 3.05) is 6.26 Å². The van der Waals surface area contributed by atoms with Crippen LogP contribution in [0.2, 0.25) is 0 Å². The molecule has 0 aliphatic rings. The first-order chi connectivity index (χ1) is 1.91. The van der Waals surface area contributed by atoms with E-state index in [0.29, 0.717) is 0 Å². The van der Waals surface area contributed by atoms with Crippen LogP contribution in [0, 0.1) is 0 Å². The maximum atomic E-state index is 4.74. The highest BCUT2D eigenvalue weighted by molar-refractivity contribution is 7.97. The molecular formula is CH4BNS. The zero-order valence-electron chi connectivity index (χ0n) is 2.49. The SMILES string of the molecule is [B]NSC. The molecule has 0 spiro atoms. The molecule has 0 aromatic heterocycles. The van der Waals surface area contributed by atoms with Gasteiger partial charge in [-0.05, 0) is 6.26 Å². The van der Waals surface area contributed by atoms with E-state index in [0.717, 1.165) is 0 Å². The smallest absolute Gasteiger partial charge is 0.194 e. The van der Waals surface area contributed by atoms with Crippen molar-refractivity contribution in [1.82, 2.24) is 4.63 Å². The highest BCUT2D eigenvalue weighted by Gasteiger charge is 1.51. The third-order valence-electron chi connectivity index (χ3n) is 0.118. The van der Waals surface area contributed by atoms with E-state index in [4.69, 9.17) is 7.98 Å². The Hall–Kier alpha value is 0.375. The highest BCUT2D eigenvalue weighted by atomic mass is 32.2. The third kappa shape index (κ3) is 2.37. The van der Waals surface area contributed by atoms with Gasteiger partial charge in [-0.3, -0.25) is 0 Å². The summed E-state index contributed by atoms with van der Waals surface area (Å²) in [6.45, 7) is 0. The number of rotatable bonds is 1. The Morgan fingerprint density at radius 3 is 2.25 bits per heavy atom. The summed E-state index contributed by atoms with van der Waals surface area (Å²) < 4.78 is 2.35. The van der Waals surface area contributed by atoms with Crippen molar-refractivity contribution in [3.63, 3.8) is 0 Å². The fourth-order valence-corrected chi connectivity index (χ4v) is 0. The van der Waals surface area contributed by atoms with E-state index < -0.39 is 0 Å². The van der Waals surface area contributed by atoms with Crippen LogP contribution < -0.4 is 4.63 Å². The van der Waals surface area contributed by atoms with E-state index in [1.807, 2.05) is 6.26 Å². The minimum Gasteiger partial charge on any atom is -0.317 e. The standard InChI is InChI=1S/CH4BNS/c1-4-3-2/h3H,1H3. The van der Waals surface area contributed by atoms with Crippen molar-refractivity contribution < 1.29 is 0 Å². The Labute approximate surface area is 31.7 Å². The van der Waals surface area contributed by atoms with Crippen molar-refractivity contribution in [1.29, 1.82) is 0 Å². The molecule has 1 nitrogen and oxygen atoms in total. The quantitative estimate of drug-likeness (QED) is 0.344. The number of hydrogen-bond acceptors (Lipinski definition) is 2. The molecule has 1 N–H and O–H groups in total. The Morgan fingerprint density at radius 1 is 2.00 bits per heavy atom. The molecule has 0 unspecified atom stereocenters. The Bertz CT molecular complexity index is 10.0. The molecule has 0 atom stereocenters. The Kier molecular flexibility index (Phi) is 3.69. The Balaban J connectivity index is 1.97. The van der Waals surface area contributed by atoms with Gasteiger partial charge in [0.1, 0.15) is 0 Å². The summed E-state index contributed by atoms with van der Waals surface area (Å²) >= 11 is 1.38. The molecule has 0 aromatic rings. The zero-order valence-corrected chi connectivity index (χ0v) is 3.30. The first kappa shape index (κ1) is 4.37. The third-order valence-corrected chi connectivity index (χ3v) is 0.354. The second-order valence-electron chi connectivity index (χ2n) is 0.322. The van der Waals surface area contributed by atoms with Crippen molar-refractivity contribution >= 4 is 19.9 Å². The fraction of sp³-hybridized carbons (Fsp3) is 1.00. The monoisotopic (exact) mass is 73.0 g/mol. The van der Waals surface area contributed by atoms with Crippen LogP contribution in [-0.4, -0.2) is 14.2 Å². The second-order valence-corrected chi connectivity index (χ2v) is 0.966. The predicted molar refractivity (Wildman–Crippen MR) is 22.4 cm³/mol. The van der Waals surface area contributed by atoms with Crippen LogP contribution in [0.25, 0.3) is 0 Å².